The summed E-state index contributed by atoms with van der Waals surface area (Å²) in [5, 5.41) is 2.85. The molecule has 1 aromatic rings. The van der Waals surface area contributed by atoms with Crippen LogP contribution in [0.1, 0.15) is 25.3 Å². The predicted molar refractivity (Wildman–Crippen MR) is 85.2 cm³/mol. The zero-order valence-corrected chi connectivity index (χ0v) is 13.1. The number of hydrogen-bond acceptors (Lipinski definition) is 4. The highest BCUT2D eigenvalue weighted by Crippen LogP contribution is 2.28. The van der Waals surface area contributed by atoms with Crippen LogP contribution in [0.5, 0.6) is 11.5 Å². The quantitative estimate of drug-likeness (QED) is 0.786. The molecule has 0 aliphatic carbocycles. The first kappa shape index (κ1) is 16.4. The van der Waals surface area contributed by atoms with Gasteiger partial charge in [-0.2, -0.15) is 0 Å². The van der Waals surface area contributed by atoms with Crippen molar-refractivity contribution in [3.05, 3.63) is 29.8 Å². The summed E-state index contributed by atoms with van der Waals surface area (Å²) in [6, 6.07) is 5.57. The molecule has 1 aliphatic rings. The van der Waals surface area contributed by atoms with E-state index in [-0.39, 0.29) is 12.0 Å². The van der Waals surface area contributed by atoms with Crippen LogP contribution in [0.25, 0.3) is 6.08 Å². The number of amides is 1. The van der Waals surface area contributed by atoms with Gasteiger partial charge < -0.3 is 19.5 Å². The highest BCUT2D eigenvalue weighted by Gasteiger charge is 2.15. The topological polar surface area (TPSA) is 56.8 Å². The minimum absolute atomic E-state index is 0.122. The van der Waals surface area contributed by atoms with E-state index in [1.54, 1.807) is 13.2 Å². The summed E-state index contributed by atoms with van der Waals surface area (Å²) in [6.07, 6.45) is 5.51. The van der Waals surface area contributed by atoms with E-state index < -0.39 is 0 Å². The van der Waals surface area contributed by atoms with Crippen molar-refractivity contribution in [2.45, 2.75) is 25.9 Å². The zero-order chi connectivity index (χ0) is 15.8. The van der Waals surface area contributed by atoms with Crippen LogP contribution in [0.4, 0.5) is 0 Å². The minimum atomic E-state index is -0.122. The van der Waals surface area contributed by atoms with Crippen LogP contribution in [-0.2, 0) is 9.53 Å². The van der Waals surface area contributed by atoms with Gasteiger partial charge in [0.05, 0.1) is 19.8 Å². The number of hydrogen-bond donors (Lipinski definition) is 1. The van der Waals surface area contributed by atoms with Crippen molar-refractivity contribution in [2.24, 2.45) is 0 Å². The SMILES string of the molecule is CCOc1ccc(/C=C/C(=O)NC[C@H]2CCCO2)cc1OC. The van der Waals surface area contributed by atoms with E-state index in [1.807, 2.05) is 25.1 Å². The first-order valence-corrected chi connectivity index (χ1v) is 7.61. The monoisotopic (exact) mass is 305 g/mol. The molecule has 1 N–H and O–H groups in total. The molecule has 0 bridgehead atoms. The molecule has 120 valence electrons. The van der Waals surface area contributed by atoms with Gasteiger partial charge in [0.25, 0.3) is 0 Å². The van der Waals surface area contributed by atoms with Crippen LogP contribution in [0, 0.1) is 0 Å². The fourth-order valence-electron chi connectivity index (χ4n) is 2.31. The molecular formula is C17H23NO4. The third-order valence-corrected chi connectivity index (χ3v) is 3.44. The molecule has 0 saturated carbocycles. The highest BCUT2D eigenvalue weighted by atomic mass is 16.5. The van der Waals surface area contributed by atoms with Gasteiger partial charge in [-0.15, -0.1) is 0 Å². The van der Waals surface area contributed by atoms with Gasteiger partial charge in [0.1, 0.15) is 0 Å². The van der Waals surface area contributed by atoms with Crippen LogP contribution in [0.3, 0.4) is 0 Å². The second-order valence-corrected chi connectivity index (χ2v) is 5.06. The largest absolute Gasteiger partial charge is 0.493 e. The summed E-state index contributed by atoms with van der Waals surface area (Å²) in [5.41, 5.74) is 0.882. The molecule has 0 spiro atoms. The van der Waals surface area contributed by atoms with Gasteiger partial charge in [-0.05, 0) is 43.5 Å². The number of methoxy groups -OCH3 is 1. The fraction of sp³-hybridized carbons (Fsp3) is 0.471. The Labute approximate surface area is 131 Å². The Kier molecular flexibility index (Phi) is 6.27. The van der Waals surface area contributed by atoms with E-state index in [2.05, 4.69) is 5.32 Å². The lowest BCUT2D eigenvalue weighted by Gasteiger charge is -2.10. The van der Waals surface area contributed by atoms with Crippen molar-refractivity contribution in [1.82, 2.24) is 5.32 Å². The van der Waals surface area contributed by atoms with Crippen LogP contribution in [-0.4, -0.2) is 38.9 Å². The van der Waals surface area contributed by atoms with E-state index in [1.165, 1.54) is 6.08 Å². The third-order valence-electron chi connectivity index (χ3n) is 3.44. The number of carbonyl (C=O) groups is 1. The van der Waals surface area contributed by atoms with Crippen LogP contribution in [0.2, 0.25) is 0 Å². The van der Waals surface area contributed by atoms with Gasteiger partial charge in [0.15, 0.2) is 11.5 Å². The van der Waals surface area contributed by atoms with Crippen molar-refractivity contribution >= 4 is 12.0 Å². The second-order valence-electron chi connectivity index (χ2n) is 5.06. The molecule has 1 amide bonds. The zero-order valence-electron chi connectivity index (χ0n) is 13.1. The lowest BCUT2D eigenvalue weighted by molar-refractivity contribution is -0.116. The Balaban J connectivity index is 1.89. The number of rotatable bonds is 7. The molecule has 1 saturated heterocycles. The highest BCUT2D eigenvalue weighted by molar-refractivity contribution is 5.91. The second kappa shape index (κ2) is 8.44. The number of benzene rings is 1. The molecule has 2 rings (SSSR count). The first-order chi connectivity index (χ1) is 10.7. The van der Waals surface area contributed by atoms with E-state index in [4.69, 9.17) is 14.2 Å². The van der Waals surface area contributed by atoms with E-state index >= 15 is 0 Å². The first-order valence-electron chi connectivity index (χ1n) is 7.61. The molecule has 5 heteroatoms. The molecule has 22 heavy (non-hydrogen) atoms. The molecule has 0 radical (unpaired) electrons. The van der Waals surface area contributed by atoms with E-state index in [0.29, 0.717) is 24.7 Å². The normalized spacial score (nSPS) is 17.6. The Morgan fingerprint density at radius 1 is 1.45 bits per heavy atom. The van der Waals surface area contributed by atoms with E-state index in [0.717, 1.165) is 25.0 Å². The number of carbonyl (C=O) groups excluding carboxylic acids is 1. The minimum Gasteiger partial charge on any atom is -0.493 e. The van der Waals surface area contributed by atoms with Gasteiger partial charge >= 0.3 is 0 Å². The van der Waals surface area contributed by atoms with E-state index in [9.17, 15) is 4.79 Å². The molecule has 0 aromatic heterocycles. The molecule has 1 atom stereocenters. The molecule has 1 heterocycles. The maximum Gasteiger partial charge on any atom is 0.244 e. The van der Waals surface area contributed by atoms with Crippen molar-refractivity contribution in [2.75, 3.05) is 26.9 Å². The number of nitrogens with one attached hydrogen (secondary N) is 1. The van der Waals surface area contributed by atoms with Gasteiger partial charge in [0.2, 0.25) is 5.91 Å². The van der Waals surface area contributed by atoms with Crippen molar-refractivity contribution in [1.29, 1.82) is 0 Å². The van der Waals surface area contributed by atoms with Crippen molar-refractivity contribution < 1.29 is 19.0 Å². The maximum absolute atomic E-state index is 11.8. The molecular weight excluding hydrogens is 282 g/mol. The fourth-order valence-corrected chi connectivity index (χ4v) is 2.31. The average Bonchev–Trinajstić information content (AvgIpc) is 3.05. The van der Waals surface area contributed by atoms with Gasteiger partial charge in [-0.25, -0.2) is 0 Å². The summed E-state index contributed by atoms with van der Waals surface area (Å²) >= 11 is 0. The summed E-state index contributed by atoms with van der Waals surface area (Å²) < 4.78 is 16.2. The smallest absolute Gasteiger partial charge is 0.244 e. The molecule has 1 aliphatic heterocycles. The standard InChI is InChI=1S/C17H23NO4/c1-3-21-15-8-6-13(11-16(15)20-2)7-9-17(19)18-12-14-5-4-10-22-14/h6-9,11,14H,3-5,10,12H2,1-2H3,(H,18,19)/b9-7+/t14-/m1/s1. The maximum atomic E-state index is 11.8. The van der Waals surface area contributed by atoms with Crippen molar-refractivity contribution in [3.63, 3.8) is 0 Å². The molecule has 5 nitrogen and oxygen atoms in total. The summed E-state index contributed by atoms with van der Waals surface area (Å²) in [5.74, 6) is 1.23. The molecule has 1 aromatic carbocycles. The van der Waals surface area contributed by atoms with Crippen LogP contribution in [0.15, 0.2) is 24.3 Å². The lowest BCUT2D eigenvalue weighted by Crippen LogP contribution is -2.30. The summed E-state index contributed by atoms with van der Waals surface area (Å²) in [7, 11) is 1.60. The van der Waals surface area contributed by atoms with Gasteiger partial charge in [0, 0.05) is 19.2 Å². The van der Waals surface area contributed by atoms with Crippen LogP contribution >= 0.6 is 0 Å². The number of ether oxygens (including phenoxy) is 3. The summed E-state index contributed by atoms with van der Waals surface area (Å²) in [6.45, 7) is 3.86. The Bertz CT molecular complexity index is 521. The lowest BCUT2D eigenvalue weighted by atomic mass is 10.2. The molecule has 0 unspecified atom stereocenters. The third kappa shape index (κ3) is 4.77. The summed E-state index contributed by atoms with van der Waals surface area (Å²) in [4.78, 5) is 11.8. The Morgan fingerprint density at radius 3 is 3.00 bits per heavy atom. The molecule has 1 fully saturated rings. The van der Waals surface area contributed by atoms with Gasteiger partial charge in [-0.1, -0.05) is 6.07 Å². The average molecular weight is 305 g/mol. The Morgan fingerprint density at radius 2 is 2.32 bits per heavy atom. The van der Waals surface area contributed by atoms with Crippen LogP contribution < -0.4 is 14.8 Å². The Hall–Kier alpha value is -2.01. The predicted octanol–water partition coefficient (Wildman–Crippen LogP) is 2.40. The van der Waals surface area contributed by atoms with Crippen molar-refractivity contribution in [3.8, 4) is 11.5 Å². The van der Waals surface area contributed by atoms with Gasteiger partial charge in [-0.3, -0.25) is 4.79 Å².